The molecule has 4 heteroatoms. The molecule has 2 unspecified atom stereocenters. The van der Waals surface area contributed by atoms with Crippen molar-refractivity contribution in [3.8, 4) is 22.3 Å². The maximum atomic E-state index is 15.2. The van der Waals surface area contributed by atoms with Crippen LogP contribution in [0.15, 0.2) is 103 Å². The average Bonchev–Trinajstić information content (AvgIpc) is 3.91. The van der Waals surface area contributed by atoms with Gasteiger partial charge in [0.2, 0.25) is 0 Å². The molecule has 7 rings (SSSR count). The Morgan fingerprint density at radius 2 is 0.754 bits per heavy atom. The van der Waals surface area contributed by atoms with Gasteiger partial charge in [0.15, 0.2) is 11.6 Å². The van der Waals surface area contributed by atoms with E-state index in [1.807, 2.05) is 0 Å². The van der Waals surface area contributed by atoms with E-state index in [-0.39, 0.29) is 17.1 Å². The van der Waals surface area contributed by atoms with Crippen LogP contribution in [-0.2, 0) is 12.8 Å². The Bertz CT molecular complexity index is 2210. The number of carboxylic acids is 1. The molecular weight excluding hydrogens is 797 g/mol. The average molecular weight is 871 g/mol. The fourth-order valence-corrected chi connectivity index (χ4v) is 11.0. The standard InChI is InChI=1S/C61H74O4/c1-3-5-7-9-11-13-15-17-19-21-33-55(53-37-27-35-51-49-31-25-23-29-44(49)42-57(51)53)59(62)46-39-47(41-48(40-46)61(64)65)60(63)56(34-22-20-18-16-14-12-10-8-6-4-2)54-38-28-36-52-50-32-26-24-30-45(50)43-58(52)54/h23-32,35-41,55-56H,3-22,33-34,42-43H2,1-2H3,(H,64,65). The third-order valence-corrected chi connectivity index (χ3v) is 14.6. The summed E-state index contributed by atoms with van der Waals surface area (Å²) in [7, 11) is 0. The summed E-state index contributed by atoms with van der Waals surface area (Å²) in [5, 5.41) is 10.5. The second kappa shape index (κ2) is 24.4. The maximum Gasteiger partial charge on any atom is 0.335 e. The topological polar surface area (TPSA) is 71.4 Å². The van der Waals surface area contributed by atoms with Crippen molar-refractivity contribution in [3.05, 3.63) is 153 Å². The van der Waals surface area contributed by atoms with Crippen LogP contribution in [0.25, 0.3) is 22.3 Å². The molecule has 2 aliphatic rings. The maximum absolute atomic E-state index is 15.2. The number of carbonyl (C=O) groups is 3. The van der Waals surface area contributed by atoms with Crippen molar-refractivity contribution in [3.63, 3.8) is 0 Å². The summed E-state index contributed by atoms with van der Waals surface area (Å²) in [6, 6.07) is 34.5. The highest BCUT2D eigenvalue weighted by Crippen LogP contribution is 2.44. The first-order valence-corrected chi connectivity index (χ1v) is 25.8. The summed E-state index contributed by atoms with van der Waals surface area (Å²) in [5.41, 5.74) is 12.4. The molecule has 342 valence electrons. The number of aromatic carboxylic acids is 1. The van der Waals surface area contributed by atoms with Crippen molar-refractivity contribution in [1.29, 1.82) is 0 Å². The van der Waals surface area contributed by atoms with E-state index < -0.39 is 17.8 Å². The highest BCUT2D eigenvalue weighted by Gasteiger charge is 2.32. The van der Waals surface area contributed by atoms with Gasteiger partial charge in [0.1, 0.15) is 0 Å². The van der Waals surface area contributed by atoms with Gasteiger partial charge in [0.25, 0.3) is 0 Å². The van der Waals surface area contributed by atoms with E-state index in [0.29, 0.717) is 24.0 Å². The van der Waals surface area contributed by atoms with Crippen molar-refractivity contribution < 1.29 is 19.5 Å². The van der Waals surface area contributed by atoms with Gasteiger partial charge in [-0.15, -0.1) is 0 Å². The van der Waals surface area contributed by atoms with Crippen molar-refractivity contribution in [2.24, 2.45) is 0 Å². The zero-order chi connectivity index (χ0) is 45.4. The van der Waals surface area contributed by atoms with Crippen LogP contribution in [0.3, 0.4) is 0 Å². The second-order valence-electron chi connectivity index (χ2n) is 19.3. The smallest absolute Gasteiger partial charge is 0.335 e. The van der Waals surface area contributed by atoms with Gasteiger partial charge in [-0.3, -0.25) is 9.59 Å². The molecule has 2 atom stereocenters. The molecule has 0 aromatic heterocycles. The van der Waals surface area contributed by atoms with Crippen LogP contribution in [0.5, 0.6) is 0 Å². The van der Waals surface area contributed by atoms with Gasteiger partial charge in [-0.05, 0) is 99.5 Å². The van der Waals surface area contributed by atoms with Gasteiger partial charge in [-0.25, -0.2) is 4.79 Å². The lowest BCUT2D eigenvalue weighted by atomic mass is 9.80. The predicted molar refractivity (Wildman–Crippen MR) is 270 cm³/mol. The normalized spacial score (nSPS) is 13.2. The molecule has 5 aromatic carbocycles. The first kappa shape index (κ1) is 47.9. The molecule has 0 saturated carbocycles. The predicted octanol–water partition coefficient (Wildman–Crippen LogP) is 17.1. The van der Waals surface area contributed by atoms with Crippen LogP contribution in [-0.4, -0.2) is 22.6 Å². The third-order valence-electron chi connectivity index (χ3n) is 14.6. The summed E-state index contributed by atoms with van der Waals surface area (Å²) in [6.45, 7) is 4.51. The minimum absolute atomic E-state index is 0.00837. The molecular formula is C61H74O4. The first-order chi connectivity index (χ1) is 31.9. The van der Waals surface area contributed by atoms with Crippen LogP contribution in [0.1, 0.15) is 231 Å². The molecule has 1 N–H and O–H groups in total. The summed E-state index contributed by atoms with van der Waals surface area (Å²) < 4.78 is 0. The third kappa shape index (κ3) is 12.2. The molecule has 0 amide bonds. The Kier molecular flexibility index (Phi) is 18.0. The van der Waals surface area contributed by atoms with E-state index in [4.69, 9.17) is 0 Å². The molecule has 65 heavy (non-hydrogen) atoms. The van der Waals surface area contributed by atoms with Gasteiger partial charge in [-0.2, -0.15) is 0 Å². The van der Waals surface area contributed by atoms with Crippen molar-refractivity contribution in [2.45, 2.75) is 180 Å². The molecule has 0 aliphatic heterocycles. The summed E-state index contributed by atoms with van der Waals surface area (Å²) in [4.78, 5) is 43.4. The fraction of sp³-hybridized carbons (Fsp3) is 0.459. The molecule has 2 aliphatic carbocycles. The Morgan fingerprint density at radius 1 is 0.415 bits per heavy atom. The highest BCUT2D eigenvalue weighted by atomic mass is 16.4. The van der Waals surface area contributed by atoms with Gasteiger partial charge < -0.3 is 5.11 Å². The molecule has 0 fully saturated rings. The number of carboxylic acid groups (broad SMARTS) is 1. The van der Waals surface area contributed by atoms with Gasteiger partial charge in [-0.1, -0.05) is 227 Å². The number of ketones is 2. The highest BCUT2D eigenvalue weighted by molar-refractivity contribution is 6.08. The number of hydrogen-bond donors (Lipinski definition) is 1. The Hall–Kier alpha value is -5.09. The number of Topliss-reactive ketones (excluding diaryl/α,β-unsaturated/α-hetero) is 2. The van der Waals surface area contributed by atoms with E-state index in [0.717, 1.165) is 62.5 Å². The number of benzene rings is 5. The molecule has 5 aromatic rings. The zero-order valence-electron chi connectivity index (χ0n) is 39.6. The molecule has 0 spiro atoms. The summed E-state index contributed by atoms with van der Waals surface area (Å²) >= 11 is 0. The minimum Gasteiger partial charge on any atom is -0.478 e. The Labute approximate surface area is 390 Å². The van der Waals surface area contributed by atoms with Gasteiger partial charge in [0, 0.05) is 23.0 Å². The molecule has 0 heterocycles. The van der Waals surface area contributed by atoms with Crippen LogP contribution in [0.4, 0.5) is 0 Å². The largest absolute Gasteiger partial charge is 0.478 e. The SMILES string of the molecule is CCCCCCCCCCCCC(C(=O)c1cc(C(=O)O)cc(C(=O)C(CCCCCCCCCCCC)c2cccc3c2Cc2ccccc2-3)c1)c1cccc2c1Cc1ccccc1-2. The van der Waals surface area contributed by atoms with E-state index in [2.05, 4.69) is 98.8 Å². The Morgan fingerprint density at radius 3 is 1.14 bits per heavy atom. The van der Waals surface area contributed by atoms with Crippen LogP contribution < -0.4 is 0 Å². The van der Waals surface area contributed by atoms with E-state index in [9.17, 15) is 9.90 Å². The van der Waals surface area contributed by atoms with Crippen LogP contribution in [0, 0.1) is 0 Å². The summed E-state index contributed by atoms with van der Waals surface area (Å²) in [5.74, 6) is -2.20. The number of carbonyl (C=O) groups excluding carboxylic acids is 2. The van der Waals surface area contributed by atoms with Gasteiger partial charge in [0.05, 0.1) is 5.56 Å². The number of fused-ring (bicyclic) bond motifs is 6. The number of hydrogen-bond acceptors (Lipinski definition) is 3. The fourth-order valence-electron chi connectivity index (χ4n) is 11.0. The van der Waals surface area contributed by atoms with Crippen molar-refractivity contribution in [2.75, 3.05) is 0 Å². The van der Waals surface area contributed by atoms with Crippen molar-refractivity contribution >= 4 is 17.5 Å². The van der Waals surface area contributed by atoms with Crippen LogP contribution >= 0.6 is 0 Å². The quantitative estimate of drug-likeness (QED) is 0.0376. The van der Waals surface area contributed by atoms with E-state index in [1.165, 1.54) is 147 Å². The zero-order valence-corrected chi connectivity index (χ0v) is 39.6. The van der Waals surface area contributed by atoms with E-state index >= 15 is 9.59 Å². The van der Waals surface area contributed by atoms with Crippen LogP contribution in [0.2, 0.25) is 0 Å². The molecule has 4 nitrogen and oxygen atoms in total. The molecule has 0 saturated heterocycles. The number of unbranched alkanes of at least 4 members (excludes halogenated alkanes) is 18. The lowest BCUT2D eigenvalue weighted by molar-refractivity contribution is 0.0696. The van der Waals surface area contributed by atoms with Gasteiger partial charge >= 0.3 is 5.97 Å². The minimum atomic E-state index is -1.13. The monoisotopic (exact) mass is 871 g/mol. The second-order valence-corrected chi connectivity index (χ2v) is 19.3. The lowest BCUT2D eigenvalue weighted by Crippen LogP contribution is -2.19. The first-order valence-electron chi connectivity index (χ1n) is 25.8. The summed E-state index contributed by atoms with van der Waals surface area (Å²) in [6.07, 6.45) is 27.1. The van der Waals surface area contributed by atoms with E-state index in [1.54, 1.807) is 6.07 Å². The lowest BCUT2D eigenvalue weighted by Gasteiger charge is -2.22. The van der Waals surface area contributed by atoms with Crippen molar-refractivity contribution in [1.82, 2.24) is 0 Å². The molecule has 0 bridgehead atoms. The molecule has 0 radical (unpaired) electrons. The number of rotatable bonds is 29. The Balaban J connectivity index is 1.16.